The third-order valence-electron chi connectivity index (χ3n) is 4.69. The van der Waals surface area contributed by atoms with E-state index >= 15 is 0 Å². The third kappa shape index (κ3) is 5.82. The molecule has 0 bridgehead atoms. The minimum Gasteiger partial charge on any atom is -0.453 e. The Morgan fingerprint density at radius 2 is 1.97 bits per heavy atom. The van der Waals surface area contributed by atoms with Crippen molar-refractivity contribution in [3.63, 3.8) is 0 Å². The Morgan fingerprint density at radius 1 is 1.28 bits per heavy atom. The van der Waals surface area contributed by atoms with Crippen LogP contribution < -0.4 is 0 Å². The molecule has 0 amide bonds. The van der Waals surface area contributed by atoms with Gasteiger partial charge in [-0.15, -0.1) is 0 Å². The van der Waals surface area contributed by atoms with Crippen LogP contribution in [0.25, 0.3) is 6.08 Å². The molecule has 152 valence electrons. The number of ketones is 1. The lowest BCUT2D eigenvalue weighted by molar-refractivity contribution is -0.137. The van der Waals surface area contributed by atoms with Crippen molar-refractivity contribution in [3.05, 3.63) is 63.4 Å². The van der Waals surface area contributed by atoms with E-state index in [1.165, 1.54) is 6.08 Å². The number of carbonyl (C=O) groups excluding carboxylic acids is 2. The van der Waals surface area contributed by atoms with E-state index in [-0.39, 0.29) is 11.1 Å². The smallest absolute Gasteiger partial charge is 0.349 e. The number of ether oxygens (including phenoxy) is 1. The topological polar surface area (TPSA) is 72.1 Å². The minimum atomic E-state index is -0.833. The molecule has 0 aliphatic heterocycles. The molecule has 0 saturated carbocycles. The molecule has 0 aliphatic rings. The number of esters is 1. The summed E-state index contributed by atoms with van der Waals surface area (Å²) in [6.45, 7) is 8.69. The molecule has 1 heterocycles. The molecular formula is C23H25ClN2O3. The lowest BCUT2D eigenvalue weighted by Gasteiger charge is -2.11. The zero-order chi connectivity index (χ0) is 21.6. The number of benzene rings is 1. The first-order valence-electron chi connectivity index (χ1n) is 9.48. The van der Waals surface area contributed by atoms with Gasteiger partial charge in [-0.2, -0.15) is 5.26 Å². The normalized spacial score (nSPS) is 11.4. The minimum absolute atomic E-state index is 0.152. The molecule has 2 aromatic rings. The monoisotopic (exact) mass is 412 g/mol. The van der Waals surface area contributed by atoms with Crippen LogP contribution >= 0.6 is 11.6 Å². The van der Waals surface area contributed by atoms with E-state index in [1.54, 1.807) is 24.3 Å². The predicted octanol–water partition coefficient (Wildman–Crippen LogP) is 5.14. The second-order valence-corrected chi connectivity index (χ2v) is 7.72. The first-order chi connectivity index (χ1) is 13.7. The predicted molar refractivity (Wildman–Crippen MR) is 114 cm³/mol. The van der Waals surface area contributed by atoms with E-state index < -0.39 is 18.4 Å². The van der Waals surface area contributed by atoms with Crippen LogP contribution in [-0.4, -0.2) is 22.9 Å². The lowest BCUT2D eigenvalue weighted by atomic mass is 10.1. The zero-order valence-corrected chi connectivity index (χ0v) is 17.9. The molecule has 2 rings (SSSR count). The van der Waals surface area contributed by atoms with Gasteiger partial charge in [0.2, 0.25) is 5.78 Å². The summed E-state index contributed by atoms with van der Waals surface area (Å²) in [4.78, 5) is 24.5. The van der Waals surface area contributed by atoms with Gasteiger partial charge in [-0.25, -0.2) is 4.79 Å². The first kappa shape index (κ1) is 22.4. The molecule has 1 aromatic carbocycles. The molecule has 6 heteroatoms. The SMILES string of the molecule is Cc1cc(C=C(C#N)C(=O)OCC(=O)c2ccccc2Cl)c(C)n1CCC(C)C. The highest BCUT2D eigenvalue weighted by molar-refractivity contribution is 6.34. The molecule has 1 aromatic heterocycles. The summed E-state index contributed by atoms with van der Waals surface area (Å²) in [5.74, 6) is -0.677. The van der Waals surface area contributed by atoms with Gasteiger partial charge in [0.05, 0.1) is 5.02 Å². The van der Waals surface area contributed by atoms with E-state index in [2.05, 4.69) is 18.4 Å². The van der Waals surface area contributed by atoms with Crippen molar-refractivity contribution in [1.29, 1.82) is 5.26 Å². The number of rotatable bonds is 8. The van der Waals surface area contributed by atoms with E-state index in [0.717, 1.165) is 29.9 Å². The largest absolute Gasteiger partial charge is 0.453 e. The van der Waals surface area contributed by atoms with Crippen LogP contribution in [0.1, 0.15) is 47.6 Å². The molecule has 29 heavy (non-hydrogen) atoms. The fourth-order valence-electron chi connectivity index (χ4n) is 2.97. The van der Waals surface area contributed by atoms with Gasteiger partial charge < -0.3 is 9.30 Å². The van der Waals surface area contributed by atoms with Gasteiger partial charge in [-0.3, -0.25) is 4.79 Å². The molecule has 0 saturated heterocycles. The number of hydrogen-bond donors (Lipinski definition) is 0. The summed E-state index contributed by atoms with van der Waals surface area (Å²) < 4.78 is 7.22. The Kier molecular flexibility index (Phi) is 7.81. The standard InChI is InChI=1S/C23H25ClN2O3/c1-15(2)9-10-26-16(3)11-18(17(26)4)12-19(13-25)23(28)29-14-22(27)20-7-5-6-8-21(20)24/h5-8,11-12,15H,9-10,14H2,1-4H3. The highest BCUT2D eigenvalue weighted by atomic mass is 35.5. The molecule has 0 unspecified atom stereocenters. The van der Waals surface area contributed by atoms with Gasteiger partial charge in [0.1, 0.15) is 11.6 Å². The quantitative estimate of drug-likeness (QED) is 0.260. The Bertz CT molecular complexity index is 980. The van der Waals surface area contributed by atoms with Crippen LogP contribution in [0.4, 0.5) is 0 Å². The van der Waals surface area contributed by atoms with Crippen LogP contribution in [0.15, 0.2) is 35.9 Å². The molecule has 0 radical (unpaired) electrons. The van der Waals surface area contributed by atoms with E-state index in [9.17, 15) is 14.9 Å². The molecule has 5 nitrogen and oxygen atoms in total. The van der Waals surface area contributed by atoms with Crippen molar-refractivity contribution in [1.82, 2.24) is 4.57 Å². The van der Waals surface area contributed by atoms with Gasteiger partial charge in [0.15, 0.2) is 6.61 Å². The lowest BCUT2D eigenvalue weighted by Crippen LogP contribution is -2.15. The number of aryl methyl sites for hydroxylation is 1. The Morgan fingerprint density at radius 3 is 2.59 bits per heavy atom. The maximum absolute atomic E-state index is 12.3. The molecule has 0 fully saturated rings. The van der Waals surface area contributed by atoms with Crippen molar-refractivity contribution in [2.45, 2.75) is 40.7 Å². The number of nitriles is 1. The maximum Gasteiger partial charge on any atom is 0.349 e. The fraction of sp³-hybridized carbons (Fsp3) is 0.348. The number of aromatic nitrogens is 1. The summed E-state index contributed by atoms with van der Waals surface area (Å²) in [5, 5.41) is 9.69. The van der Waals surface area contributed by atoms with Gasteiger partial charge in [0.25, 0.3) is 0 Å². The Balaban J connectivity index is 2.12. The average molecular weight is 413 g/mol. The summed E-state index contributed by atoms with van der Waals surface area (Å²) in [6, 6.07) is 10.3. The van der Waals surface area contributed by atoms with Crippen LogP contribution in [0.5, 0.6) is 0 Å². The van der Waals surface area contributed by atoms with Crippen molar-refractivity contribution in [2.24, 2.45) is 5.92 Å². The third-order valence-corrected chi connectivity index (χ3v) is 5.02. The van der Waals surface area contributed by atoms with Crippen molar-refractivity contribution in [3.8, 4) is 6.07 Å². The summed E-state index contributed by atoms with van der Waals surface area (Å²) in [5.41, 5.74) is 2.96. The van der Waals surface area contributed by atoms with Crippen LogP contribution in [0.3, 0.4) is 0 Å². The fourth-order valence-corrected chi connectivity index (χ4v) is 3.21. The summed E-state index contributed by atoms with van der Waals surface area (Å²) in [7, 11) is 0. The average Bonchev–Trinajstić information content (AvgIpc) is 2.95. The maximum atomic E-state index is 12.3. The number of halogens is 1. The Hall–Kier alpha value is -2.84. The number of carbonyl (C=O) groups is 2. The zero-order valence-electron chi connectivity index (χ0n) is 17.2. The Labute approximate surface area is 176 Å². The first-order valence-corrected chi connectivity index (χ1v) is 9.85. The molecule has 0 aliphatic carbocycles. The second kappa shape index (κ2) is 10.1. The van der Waals surface area contributed by atoms with Crippen molar-refractivity contribution >= 4 is 29.4 Å². The second-order valence-electron chi connectivity index (χ2n) is 7.31. The molecular weight excluding hydrogens is 388 g/mol. The van der Waals surface area contributed by atoms with Gasteiger partial charge in [-0.1, -0.05) is 37.6 Å². The van der Waals surface area contributed by atoms with Gasteiger partial charge in [0, 0.05) is 23.5 Å². The van der Waals surface area contributed by atoms with Crippen molar-refractivity contribution in [2.75, 3.05) is 6.61 Å². The number of Topliss-reactive ketones (excluding diaryl/α,β-unsaturated/α-hetero) is 1. The van der Waals surface area contributed by atoms with Crippen molar-refractivity contribution < 1.29 is 14.3 Å². The highest BCUT2D eigenvalue weighted by Gasteiger charge is 2.17. The number of nitrogens with zero attached hydrogens (tertiary/aromatic N) is 2. The van der Waals surface area contributed by atoms with Crippen LogP contribution in [0.2, 0.25) is 5.02 Å². The van der Waals surface area contributed by atoms with E-state index in [1.807, 2.05) is 26.0 Å². The van der Waals surface area contributed by atoms with Crippen LogP contribution in [-0.2, 0) is 16.1 Å². The highest BCUT2D eigenvalue weighted by Crippen LogP contribution is 2.20. The summed E-state index contributed by atoms with van der Waals surface area (Å²) >= 11 is 5.98. The molecule has 0 atom stereocenters. The summed E-state index contributed by atoms with van der Waals surface area (Å²) in [6.07, 6.45) is 2.55. The van der Waals surface area contributed by atoms with E-state index in [4.69, 9.17) is 16.3 Å². The van der Waals surface area contributed by atoms with Gasteiger partial charge >= 0.3 is 5.97 Å². The van der Waals surface area contributed by atoms with E-state index in [0.29, 0.717) is 10.9 Å². The van der Waals surface area contributed by atoms with Crippen LogP contribution in [0, 0.1) is 31.1 Å². The number of hydrogen-bond acceptors (Lipinski definition) is 4. The molecule has 0 N–H and O–H groups in total. The van der Waals surface area contributed by atoms with Gasteiger partial charge in [-0.05, 0) is 56.0 Å². The molecule has 0 spiro atoms.